The van der Waals surface area contributed by atoms with Crippen molar-refractivity contribution in [2.75, 3.05) is 26.4 Å². The van der Waals surface area contributed by atoms with Crippen molar-refractivity contribution in [3.8, 4) is 0 Å². The highest BCUT2D eigenvalue weighted by Gasteiger charge is 1.97. The first-order chi connectivity index (χ1) is 5.81. The Morgan fingerprint density at radius 3 is 2.83 bits per heavy atom. The van der Waals surface area contributed by atoms with Crippen LogP contribution in [0.1, 0.15) is 26.7 Å². The Hall–Kier alpha value is -0.120. The monoisotopic (exact) mass is 175 g/mol. The van der Waals surface area contributed by atoms with Gasteiger partial charge in [-0.3, -0.25) is 0 Å². The summed E-state index contributed by atoms with van der Waals surface area (Å²) in [5, 5.41) is 11.9. The quantitative estimate of drug-likeness (QED) is 0.535. The molecule has 0 radical (unpaired) electrons. The molecule has 0 heterocycles. The molecule has 0 amide bonds. The molecule has 0 aliphatic carbocycles. The second-order valence-electron chi connectivity index (χ2n) is 2.92. The molecule has 0 rings (SSSR count). The van der Waals surface area contributed by atoms with E-state index >= 15 is 0 Å². The van der Waals surface area contributed by atoms with Crippen LogP contribution < -0.4 is 5.32 Å². The SMILES string of the molecule is CCOCCCNC(C)CCO. The fraction of sp³-hybridized carbons (Fsp3) is 1.00. The molecule has 0 aromatic carbocycles. The van der Waals surface area contributed by atoms with Crippen LogP contribution >= 0.6 is 0 Å². The molecular formula is C9H21NO2. The molecule has 0 aromatic heterocycles. The molecule has 0 aliphatic heterocycles. The largest absolute Gasteiger partial charge is 0.396 e. The number of aliphatic hydroxyl groups excluding tert-OH is 1. The van der Waals surface area contributed by atoms with Gasteiger partial charge in [-0.1, -0.05) is 0 Å². The lowest BCUT2D eigenvalue weighted by molar-refractivity contribution is 0.144. The van der Waals surface area contributed by atoms with Gasteiger partial charge in [-0.25, -0.2) is 0 Å². The van der Waals surface area contributed by atoms with Crippen molar-refractivity contribution < 1.29 is 9.84 Å². The maximum absolute atomic E-state index is 8.61. The molecular weight excluding hydrogens is 154 g/mol. The van der Waals surface area contributed by atoms with Gasteiger partial charge >= 0.3 is 0 Å². The third-order valence-corrected chi connectivity index (χ3v) is 1.72. The minimum atomic E-state index is 0.264. The van der Waals surface area contributed by atoms with Gasteiger partial charge < -0.3 is 15.2 Å². The Morgan fingerprint density at radius 2 is 2.25 bits per heavy atom. The van der Waals surface area contributed by atoms with Gasteiger partial charge in [-0.05, 0) is 33.2 Å². The first kappa shape index (κ1) is 11.9. The maximum Gasteiger partial charge on any atom is 0.0477 e. The topological polar surface area (TPSA) is 41.5 Å². The van der Waals surface area contributed by atoms with Crippen LogP contribution in [0.3, 0.4) is 0 Å². The Kier molecular flexibility index (Phi) is 8.88. The number of rotatable bonds is 8. The van der Waals surface area contributed by atoms with Crippen LogP contribution in [-0.2, 0) is 4.74 Å². The van der Waals surface area contributed by atoms with Crippen LogP contribution in [0, 0.1) is 0 Å². The smallest absolute Gasteiger partial charge is 0.0477 e. The zero-order valence-electron chi connectivity index (χ0n) is 8.18. The van der Waals surface area contributed by atoms with E-state index in [2.05, 4.69) is 12.2 Å². The van der Waals surface area contributed by atoms with E-state index in [0.717, 1.165) is 32.6 Å². The van der Waals surface area contributed by atoms with E-state index in [4.69, 9.17) is 9.84 Å². The first-order valence-electron chi connectivity index (χ1n) is 4.73. The lowest BCUT2D eigenvalue weighted by Crippen LogP contribution is -2.28. The molecule has 1 unspecified atom stereocenters. The number of ether oxygens (including phenoxy) is 1. The van der Waals surface area contributed by atoms with Gasteiger partial charge in [0.15, 0.2) is 0 Å². The number of hydrogen-bond donors (Lipinski definition) is 2. The zero-order chi connectivity index (χ0) is 9.23. The Bertz CT molecular complexity index is 88.6. The summed E-state index contributed by atoms with van der Waals surface area (Å²) in [5.41, 5.74) is 0. The normalized spacial score (nSPS) is 13.2. The summed E-state index contributed by atoms with van der Waals surface area (Å²) in [7, 11) is 0. The lowest BCUT2D eigenvalue weighted by atomic mass is 10.2. The van der Waals surface area contributed by atoms with Crippen LogP contribution in [0.15, 0.2) is 0 Å². The summed E-state index contributed by atoms with van der Waals surface area (Å²) >= 11 is 0. The Morgan fingerprint density at radius 1 is 1.50 bits per heavy atom. The molecule has 0 aromatic rings. The molecule has 3 heteroatoms. The highest BCUT2D eigenvalue weighted by Crippen LogP contribution is 1.89. The molecule has 74 valence electrons. The molecule has 0 aliphatic rings. The van der Waals surface area contributed by atoms with Crippen LogP contribution in [0.2, 0.25) is 0 Å². The van der Waals surface area contributed by atoms with Crippen LogP contribution in [0.4, 0.5) is 0 Å². The maximum atomic E-state index is 8.61. The van der Waals surface area contributed by atoms with E-state index in [-0.39, 0.29) is 6.61 Å². The van der Waals surface area contributed by atoms with Gasteiger partial charge in [-0.15, -0.1) is 0 Å². The minimum Gasteiger partial charge on any atom is -0.396 e. The fourth-order valence-corrected chi connectivity index (χ4v) is 0.963. The summed E-state index contributed by atoms with van der Waals surface area (Å²) in [6.07, 6.45) is 1.87. The van der Waals surface area contributed by atoms with Crippen LogP contribution in [0.25, 0.3) is 0 Å². The second-order valence-corrected chi connectivity index (χ2v) is 2.92. The van der Waals surface area contributed by atoms with Crippen molar-refractivity contribution in [3.63, 3.8) is 0 Å². The molecule has 0 spiro atoms. The summed E-state index contributed by atoms with van der Waals surface area (Å²) in [6, 6.07) is 0.414. The van der Waals surface area contributed by atoms with E-state index in [0.29, 0.717) is 6.04 Å². The van der Waals surface area contributed by atoms with Gasteiger partial charge in [0, 0.05) is 25.9 Å². The van der Waals surface area contributed by atoms with E-state index < -0.39 is 0 Å². The van der Waals surface area contributed by atoms with Crippen molar-refractivity contribution in [2.24, 2.45) is 0 Å². The van der Waals surface area contributed by atoms with Crippen LogP contribution in [0.5, 0.6) is 0 Å². The molecule has 2 N–H and O–H groups in total. The van der Waals surface area contributed by atoms with Gasteiger partial charge in [0.05, 0.1) is 0 Å². The van der Waals surface area contributed by atoms with Crippen molar-refractivity contribution in [1.82, 2.24) is 5.32 Å². The third kappa shape index (κ3) is 7.98. The average molecular weight is 175 g/mol. The fourth-order valence-electron chi connectivity index (χ4n) is 0.963. The van der Waals surface area contributed by atoms with E-state index in [1.165, 1.54) is 0 Å². The van der Waals surface area contributed by atoms with Gasteiger partial charge in [-0.2, -0.15) is 0 Å². The van der Waals surface area contributed by atoms with E-state index in [1.54, 1.807) is 0 Å². The van der Waals surface area contributed by atoms with Crippen molar-refractivity contribution in [2.45, 2.75) is 32.7 Å². The first-order valence-corrected chi connectivity index (χ1v) is 4.73. The highest BCUT2D eigenvalue weighted by atomic mass is 16.5. The summed E-state index contributed by atoms with van der Waals surface area (Å²) in [5.74, 6) is 0. The van der Waals surface area contributed by atoms with Crippen molar-refractivity contribution >= 4 is 0 Å². The molecule has 3 nitrogen and oxygen atoms in total. The molecule has 12 heavy (non-hydrogen) atoms. The number of aliphatic hydroxyl groups is 1. The third-order valence-electron chi connectivity index (χ3n) is 1.72. The molecule has 1 atom stereocenters. The predicted octanol–water partition coefficient (Wildman–Crippen LogP) is 0.774. The zero-order valence-corrected chi connectivity index (χ0v) is 8.18. The summed E-state index contributed by atoms with van der Waals surface area (Å²) in [4.78, 5) is 0. The Labute approximate surface area is 75.1 Å². The van der Waals surface area contributed by atoms with Gasteiger partial charge in [0.2, 0.25) is 0 Å². The summed E-state index contributed by atoms with van der Waals surface area (Å²) < 4.78 is 5.19. The molecule has 0 saturated carbocycles. The van der Waals surface area contributed by atoms with E-state index in [1.807, 2.05) is 6.92 Å². The lowest BCUT2D eigenvalue weighted by Gasteiger charge is -2.11. The van der Waals surface area contributed by atoms with E-state index in [9.17, 15) is 0 Å². The molecule has 0 saturated heterocycles. The number of nitrogens with one attached hydrogen (secondary N) is 1. The number of hydrogen-bond acceptors (Lipinski definition) is 3. The predicted molar refractivity (Wildman–Crippen MR) is 50.3 cm³/mol. The summed E-state index contributed by atoms with van der Waals surface area (Å²) in [6.45, 7) is 6.95. The van der Waals surface area contributed by atoms with Crippen LogP contribution in [-0.4, -0.2) is 37.5 Å². The second kappa shape index (κ2) is 8.97. The van der Waals surface area contributed by atoms with Gasteiger partial charge in [0.1, 0.15) is 0 Å². The Balaban J connectivity index is 2.97. The van der Waals surface area contributed by atoms with Crippen molar-refractivity contribution in [1.29, 1.82) is 0 Å². The van der Waals surface area contributed by atoms with Crippen molar-refractivity contribution in [3.05, 3.63) is 0 Å². The van der Waals surface area contributed by atoms with Gasteiger partial charge in [0.25, 0.3) is 0 Å². The highest BCUT2D eigenvalue weighted by molar-refractivity contribution is 4.58. The molecule has 0 bridgehead atoms. The minimum absolute atomic E-state index is 0.264. The standard InChI is InChI=1S/C9H21NO2/c1-3-12-8-4-6-10-9(2)5-7-11/h9-11H,3-8H2,1-2H3. The molecule has 0 fully saturated rings. The average Bonchev–Trinajstić information content (AvgIpc) is 2.05.